The predicted octanol–water partition coefficient (Wildman–Crippen LogP) is 12.5. The zero-order valence-corrected chi connectivity index (χ0v) is 27.9. The normalized spacial score (nSPS) is 12.7. The van der Waals surface area contributed by atoms with E-state index in [1.807, 2.05) is 11.3 Å². The molecule has 0 amide bonds. The molecule has 0 bridgehead atoms. The molecule has 5 aromatic heterocycles. The molecule has 0 radical (unpaired) electrons. The van der Waals surface area contributed by atoms with Crippen LogP contribution in [0.25, 0.3) is 119 Å². The van der Waals surface area contributed by atoms with Crippen molar-refractivity contribution < 1.29 is 0 Å². The second kappa shape index (κ2) is 9.16. The first kappa shape index (κ1) is 26.3. The van der Waals surface area contributed by atoms with Crippen LogP contribution < -0.4 is 0 Å². The molecule has 13 rings (SSSR count). The zero-order valence-electron chi connectivity index (χ0n) is 27.1. The molecule has 0 N–H and O–H groups in total. The molecule has 0 unspecified atom stereocenters. The summed E-state index contributed by atoms with van der Waals surface area (Å²) in [6.07, 6.45) is 0. The van der Waals surface area contributed by atoms with Crippen molar-refractivity contribution in [2.45, 2.75) is 0 Å². The molecule has 0 aliphatic carbocycles. The fourth-order valence-electron chi connectivity index (χ4n) is 9.19. The molecule has 0 aliphatic rings. The SMILES string of the molecule is c1ccc(-c2nc3c4ccccc4c4ccccc4c3nc2-n2c3ccc4sc5ccc6c7ccccc7n7c8cccc2c8c3c4c5c67)cc1. The first-order valence-electron chi connectivity index (χ1n) is 17.4. The van der Waals surface area contributed by atoms with E-state index in [0.29, 0.717) is 0 Å². The molecule has 0 aliphatic heterocycles. The Morgan fingerprint density at radius 3 is 1.80 bits per heavy atom. The highest BCUT2D eigenvalue weighted by Gasteiger charge is 2.27. The van der Waals surface area contributed by atoms with Gasteiger partial charge in [-0.05, 0) is 47.2 Å². The summed E-state index contributed by atoms with van der Waals surface area (Å²) in [4.78, 5) is 11.3. The highest BCUT2D eigenvalue weighted by molar-refractivity contribution is 7.26. The van der Waals surface area contributed by atoms with E-state index in [9.17, 15) is 0 Å². The summed E-state index contributed by atoms with van der Waals surface area (Å²) in [6.45, 7) is 0. The third kappa shape index (κ3) is 3.13. The van der Waals surface area contributed by atoms with Crippen molar-refractivity contribution in [2.24, 2.45) is 0 Å². The molecule has 51 heavy (non-hydrogen) atoms. The number of para-hydroxylation sites is 1. The Kier molecular flexibility index (Phi) is 4.73. The average Bonchev–Trinajstić information content (AvgIpc) is 3.82. The van der Waals surface area contributed by atoms with Crippen LogP contribution in [0.5, 0.6) is 0 Å². The van der Waals surface area contributed by atoms with Crippen molar-refractivity contribution in [1.29, 1.82) is 0 Å². The van der Waals surface area contributed by atoms with E-state index in [1.165, 1.54) is 69.0 Å². The van der Waals surface area contributed by atoms with E-state index in [4.69, 9.17) is 9.97 Å². The van der Waals surface area contributed by atoms with Crippen LogP contribution in [0.4, 0.5) is 0 Å². The van der Waals surface area contributed by atoms with Crippen LogP contribution in [0, 0.1) is 0 Å². The van der Waals surface area contributed by atoms with Gasteiger partial charge in [-0.15, -0.1) is 11.3 Å². The summed E-state index contributed by atoms with van der Waals surface area (Å²) in [5.41, 5.74) is 9.76. The smallest absolute Gasteiger partial charge is 0.165 e. The molecule has 0 saturated heterocycles. The molecule has 0 saturated carbocycles. The lowest BCUT2D eigenvalue weighted by atomic mass is 9.99. The minimum Gasteiger partial charge on any atom is -0.308 e. The monoisotopic (exact) mass is 664 g/mol. The van der Waals surface area contributed by atoms with Crippen LogP contribution in [0.1, 0.15) is 0 Å². The molecule has 0 fully saturated rings. The van der Waals surface area contributed by atoms with Crippen molar-refractivity contribution >= 4 is 113 Å². The molecular weight excluding hydrogens is 641 g/mol. The van der Waals surface area contributed by atoms with Crippen molar-refractivity contribution in [2.75, 3.05) is 0 Å². The summed E-state index contributed by atoms with van der Waals surface area (Å²) in [7, 11) is 0. The van der Waals surface area contributed by atoms with Gasteiger partial charge in [0.15, 0.2) is 5.82 Å². The highest BCUT2D eigenvalue weighted by Crippen LogP contribution is 2.50. The van der Waals surface area contributed by atoms with Gasteiger partial charge < -0.3 is 4.40 Å². The van der Waals surface area contributed by atoms with Crippen molar-refractivity contribution in [3.05, 3.63) is 146 Å². The average molecular weight is 665 g/mol. The number of rotatable bonds is 2. The maximum atomic E-state index is 5.72. The van der Waals surface area contributed by atoms with E-state index in [1.54, 1.807) is 0 Å². The van der Waals surface area contributed by atoms with Gasteiger partial charge in [-0.25, -0.2) is 9.97 Å². The maximum absolute atomic E-state index is 5.72. The van der Waals surface area contributed by atoms with Crippen molar-refractivity contribution in [1.82, 2.24) is 18.9 Å². The Hall–Kier alpha value is -6.56. The first-order chi connectivity index (χ1) is 25.3. The summed E-state index contributed by atoms with van der Waals surface area (Å²) in [5, 5.41) is 12.4. The highest BCUT2D eigenvalue weighted by atomic mass is 32.1. The second-order valence-electron chi connectivity index (χ2n) is 13.7. The van der Waals surface area contributed by atoms with E-state index >= 15 is 0 Å². The number of nitrogens with zero attached hydrogens (tertiary/aromatic N) is 4. The van der Waals surface area contributed by atoms with Crippen LogP contribution in [0.15, 0.2) is 146 Å². The van der Waals surface area contributed by atoms with Crippen LogP contribution in [0.3, 0.4) is 0 Å². The Labute approximate surface area is 293 Å². The predicted molar refractivity (Wildman–Crippen MR) is 216 cm³/mol. The summed E-state index contributed by atoms with van der Waals surface area (Å²) in [5.74, 6) is 0.841. The van der Waals surface area contributed by atoms with Gasteiger partial charge in [-0.1, -0.05) is 109 Å². The third-order valence-corrected chi connectivity index (χ3v) is 12.3. The molecule has 8 aromatic carbocycles. The molecule has 0 atom stereocenters. The van der Waals surface area contributed by atoms with Crippen LogP contribution >= 0.6 is 11.3 Å². The topological polar surface area (TPSA) is 35.1 Å². The van der Waals surface area contributed by atoms with Crippen LogP contribution in [-0.2, 0) is 0 Å². The maximum Gasteiger partial charge on any atom is 0.165 e. The Morgan fingerprint density at radius 2 is 1.00 bits per heavy atom. The lowest BCUT2D eigenvalue weighted by Gasteiger charge is -2.16. The van der Waals surface area contributed by atoms with Gasteiger partial charge in [0.25, 0.3) is 0 Å². The summed E-state index contributed by atoms with van der Waals surface area (Å²) >= 11 is 1.89. The first-order valence-corrected chi connectivity index (χ1v) is 18.2. The van der Waals surface area contributed by atoms with Crippen LogP contribution in [0.2, 0.25) is 0 Å². The molecule has 13 aromatic rings. The standard InChI is InChI=1S/C46H24N4S/c1-2-11-25(12-3-1)42-46(48-44-30-17-7-5-14-27(30)26-13-4-6-16-29(26)43(44)47-42)50-34-20-10-19-33-38(34)39-35(50)22-24-36-40(39)41-37(51-36)23-21-31-28-15-8-9-18-32(28)49(33)45(31)41/h1-24H. The molecule has 0 spiro atoms. The fraction of sp³-hybridized carbons (Fsp3) is 0. The van der Waals surface area contributed by atoms with E-state index in [0.717, 1.165) is 49.9 Å². The molecule has 5 heteroatoms. The summed E-state index contributed by atoms with van der Waals surface area (Å²) < 4.78 is 7.54. The molecular formula is C46H24N4S. The fourth-order valence-corrected chi connectivity index (χ4v) is 10.3. The van der Waals surface area contributed by atoms with E-state index in [2.05, 4.69) is 155 Å². The largest absolute Gasteiger partial charge is 0.308 e. The van der Waals surface area contributed by atoms with Gasteiger partial charge in [0.05, 0.1) is 38.6 Å². The number of aromatic nitrogens is 4. The Bertz CT molecular complexity index is 3590. The Balaban J connectivity index is 1.30. The number of hydrogen-bond donors (Lipinski definition) is 0. The van der Waals surface area contributed by atoms with Gasteiger partial charge in [-0.2, -0.15) is 0 Å². The third-order valence-electron chi connectivity index (χ3n) is 11.2. The summed E-state index contributed by atoms with van der Waals surface area (Å²) in [6, 6.07) is 52.7. The Morgan fingerprint density at radius 1 is 0.392 bits per heavy atom. The van der Waals surface area contributed by atoms with Gasteiger partial charge in [0.2, 0.25) is 0 Å². The lowest BCUT2D eigenvalue weighted by Crippen LogP contribution is -2.04. The quantitative estimate of drug-likeness (QED) is 0.172. The van der Waals surface area contributed by atoms with E-state index < -0.39 is 0 Å². The molecule has 234 valence electrons. The number of fused-ring (bicyclic) bond motifs is 10. The van der Waals surface area contributed by atoms with Crippen molar-refractivity contribution in [3.8, 4) is 17.1 Å². The van der Waals surface area contributed by atoms with Crippen LogP contribution in [-0.4, -0.2) is 18.9 Å². The van der Waals surface area contributed by atoms with Gasteiger partial charge >= 0.3 is 0 Å². The van der Waals surface area contributed by atoms with Gasteiger partial charge in [0.1, 0.15) is 5.69 Å². The van der Waals surface area contributed by atoms with E-state index in [-0.39, 0.29) is 0 Å². The van der Waals surface area contributed by atoms with Gasteiger partial charge in [-0.3, -0.25) is 4.57 Å². The minimum absolute atomic E-state index is 0.841. The molecule has 4 nitrogen and oxygen atoms in total. The van der Waals surface area contributed by atoms with Crippen molar-refractivity contribution in [3.63, 3.8) is 0 Å². The minimum atomic E-state index is 0.841. The number of thiophene rings is 1. The lowest BCUT2D eigenvalue weighted by molar-refractivity contribution is 1.08. The molecule has 5 heterocycles. The zero-order chi connectivity index (χ0) is 32.9. The number of hydrogen-bond acceptors (Lipinski definition) is 3. The number of benzene rings is 8. The van der Waals surface area contributed by atoms with Gasteiger partial charge in [0, 0.05) is 58.1 Å². The second-order valence-corrected chi connectivity index (χ2v) is 14.8.